The van der Waals surface area contributed by atoms with Crippen molar-refractivity contribution in [3.63, 3.8) is 0 Å². The maximum Gasteiger partial charge on any atom is 0.229 e. The fourth-order valence-electron chi connectivity index (χ4n) is 5.10. The van der Waals surface area contributed by atoms with Gasteiger partial charge in [-0.05, 0) is 31.4 Å². The molecule has 0 aromatic carbocycles. The predicted octanol–water partition coefficient (Wildman–Crippen LogP) is 2.37. The first-order valence-electron chi connectivity index (χ1n) is 10.8. The summed E-state index contributed by atoms with van der Waals surface area (Å²) in [5, 5.41) is 7.50. The van der Waals surface area contributed by atoms with E-state index in [2.05, 4.69) is 31.3 Å². The van der Waals surface area contributed by atoms with E-state index in [9.17, 15) is 9.18 Å². The number of carbonyl (C=O) groups excluding carboxylic acids is 1. The van der Waals surface area contributed by atoms with E-state index in [0.29, 0.717) is 12.2 Å². The molecule has 4 atom stereocenters. The lowest BCUT2D eigenvalue weighted by atomic mass is 10.1. The van der Waals surface area contributed by atoms with E-state index < -0.39 is 12.1 Å². The van der Waals surface area contributed by atoms with Gasteiger partial charge in [-0.25, -0.2) is 13.9 Å². The standard InChI is InChI=1S/C22H24FN7O/c1-24-21-9-25-8-18(27-21)13-6-20-19(4-5-26-29(20)10-13)28-11-14-2-3-15(12-28)30(14)22(31)16-7-17(16)23/h4-6,8-10,14-17H,2-3,7,11-12H2,1H3,(H,24,27)/t14?,15?,16-,17-/m1/s1. The molecule has 3 fully saturated rings. The van der Waals surface area contributed by atoms with Gasteiger partial charge in [-0.2, -0.15) is 5.10 Å². The van der Waals surface area contributed by atoms with E-state index in [4.69, 9.17) is 0 Å². The Morgan fingerprint density at radius 3 is 2.71 bits per heavy atom. The summed E-state index contributed by atoms with van der Waals surface area (Å²) in [6, 6.07) is 4.42. The van der Waals surface area contributed by atoms with Crippen molar-refractivity contribution in [1.29, 1.82) is 0 Å². The van der Waals surface area contributed by atoms with Gasteiger partial charge in [0.1, 0.15) is 12.0 Å². The van der Waals surface area contributed by atoms with Crippen molar-refractivity contribution in [2.24, 2.45) is 5.92 Å². The topological polar surface area (TPSA) is 78.7 Å². The average Bonchev–Trinajstić information content (AvgIpc) is 3.25. The first kappa shape index (κ1) is 18.5. The van der Waals surface area contributed by atoms with Crippen LogP contribution in [0, 0.1) is 5.92 Å². The molecule has 2 aliphatic heterocycles. The number of piperazine rings is 1. The maximum absolute atomic E-state index is 13.5. The van der Waals surface area contributed by atoms with Crippen LogP contribution in [0.1, 0.15) is 19.3 Å². The van der Waals surface area contributed by atoms with Gasteiger partial charge in [0.25, 0.3) is 0 Å². The molecule has 1 saturated carbocycles. The van der Waals surface area contributed by atoms with Gasteiger partial charge in [0.15, 0.2) is 0 Å². The number of hydrogen-bond donors (Lipinski definition) is 1. The minimum Gasteiger partial charge on any atom is -0.372 e. The van der Waals surface area contributed by atoms with Crippen LogP contribution in [0.15, 0.2) is 36.9 Å². The fraction of sp³-hybridized carbons (Fsp3) is 0.455. The predicted molar refractivity (Wildman–Crippen MR) is 115 cm³/mol. The number of carbonyl (C=O) groups is 1. The van der Waals surface area contributed by atoms with Crippen LogP contribution in [-0.4, -0.2) is 68.8 Å². The number of alkyl halides is 1. The number of rotatable bonds is 4. The van der Waals surface area contributed by atoms with Crippen LogP contribution in [0.5, 0.6) is 0 Å². The highest BCUT2D eigenvalue weighted by atomic mass is 19.1. The summed E-state index contributed by atoms with van der Waals surface area (Å²) in [7, 11) is 1.82. The molecule has 3 aromatic rings. The van der Waals surface area contributed by atoms with Gasteiger partial charge in [-0.1, -0.05) is 0 Å². The summed E-state index contributed by atoms with van der Waals surface area (Å²) in [5.74, 6) is 0.335. The summed E-state index contributed by atoms with van der Waals surface area (Å²) in [6.45, 7) is 1.53. The normalized spacial score (nSPS) is 27.0. The first-order valence-corrected chi connectivity index (χ1v) is 10.8. The van der Waals surface area contributed by atoms with Gasteiger partial charge >= 0.3 is 0 Å². The third kappa shape index (κ3) is 3.02. The third-order valence-corrected chi connectivity index (χ3v) is 6.78. The Labute approximate surface area is 179 Å². The van der Waals surface area contributed by atoms with Crippen molar-refractivity contribution in [3.8, 4) is 11.3 Å². The minimum atomic E-state index is -0.937. The summed E-state index contributed by atoms with van der Waals surface area (Å²) < 4.78 is 15.4. The van der Waals surface area contributed by atoms with E-state index >= 15 is 0 Å². The quantitative estimate of drug-likeness (QED) is 0.697. The van der Waals surface area contributed by atoms with E-state index in [-0.39, 0.29) is 18.0 Å². The lowest BCUT2D eigenvalue weighted by Crippen LogP contribution is -2.56. The van der Waals surface area contributed by atoms with Gasteiger partial charge in [-0.15, -0.1) is 0 Å². The molecule has 0 spiro atoms. The van der Waals surface area contributed by atoms with Gasteiger partial charge in [0.05, 0.1) is 35.2 Å². The molecule has 1 N–H and O–H groups in total. The largest absolute Gasteiger partial charge is 0.372 e. The molecule has 3 aliphatic rings. The summed E-state index contributed by atoms with van der Waals surface area (Å²) >= 11 is 0. The van der Waals surface area contributed by atoms with Crippen molar-refractivity contribution < 1.29 is 9.18 Å². The Morgan fingerprint density at radius 1 is 1.23 bits per heavy atom. The molecule has 1 aliphatic carbocycles. The molecule has 160 valence electrons. The number of halogens is 1. The molecular weight excluding hydrogens is 397 g/mol. The number of fused-ring (bicyclic) bond motifs is 3. The van der Waals surface area contributed by atoms with Crippen LogP contribution in [0.2, 0.25) is 0 Å². The molecule has 6 rings (SSSR count). The lowest BCUT2D eigenvalue weighted by Gasteiger charge is -2.42. The molecular formula is C22H24FN7O. The number of nitrogens with zero attached hydrogens (tertiary/aromatic N) is 6. The zero-order chi connectivity index (χ0) is 21.1. The molecule has 5 heterocycles. The molecule has 31 heavy (non-hydrogen) atoms. The van der Waals surface area contributed by atoms with Gasteiger partial charge in [0, 0.05) is 50.2 Å². The zero-order valence-electron chi connectivity index (χ0n) is 17.3. The highest BCUT2D eigenvalue weighted by molar-refractivity contribution is 5.84. The Hall–Kier alpha value is -3.23. The number of amides is 1. The van der Waals surface area contributed by atoms with E-state index in [1.54, 1.807) is 18.6 Å². The van der Waals surface area contributed by atoms with Crippen LogP contribution >= 0.6 is 0 Å². The Balaban J connectivity index is 1.30. The molecule has 3 aromatic heterocycles. The fourth-order valence-corrected chi connectivity index (χ4v) is 5.10. The Kier molecular flexibility index (Phi) is 4.12. The molecule has 9 heteroatoms. The molecule has 2 unspecified atom stereocenters. The van der Waals surface area contributed by atoms with Crippen LogP contribution in [0.4, 0.5) is 15.9 Å². The second-order valence-corrected chi connectivity index (χ2v) is 8.71. The highest BCUT2D eigenvalue weighted by Crippen LogP contribution is 2.41. The SMILES string of the molecule is CNc1cncc(-c2cc3c(N4CC5CCC(C4)N5C(=O)[C@@H]4C[C@H]4F)ccnn3c2)n1. The van der Waals surface area contributed by atoms with Crippen molar-refractivity contribution in [1.82, 2.24) is 24.5 Å². The van der Waals surface area contributed by atoms with E-state index in [1.807, 2.05) is 28.7 Å². The van der Waals surface area contributed by atoms with Crippen LogP contribution in [-0.2, 0) is 4.79 Å². The second kappa shape index (κ2) is 6.90. The van der Waals surface area contributed by atoms with E-state index in [0.717, 1.165) is 48.4 Å². The van der Waals surface area contributed by atoms with Crippen LogP contribution in [0.25, 0.3) is 16.8 Å². The number of anilines is 2. The second-order valence-electron chi connectivity index (χ2n) is 8.71. The van der Waals surface area contributed by atoms with E-state index in [1.165, 1.54) is 0 Å². The molecule has 2 bridgehead atoms. The molecule has 2 saturated heterocycles. The summed E-state index contributed by atoms with van der Waals surface area (Å²) in [4.78, 5) is 25.9. The van der Waals surface area contributed by atoms with Crippen molar-refractivity contribution in [2.45, 2.75) is 37.5 Å². The van der Waals surface area contributed by atoms with Crippen LogP contribution < -0.4 is 10.2 Å². The smallest absolute Gasteiger partial charge is 0.229 e. The molecule has 0 radical (unpaired) electrons. The Bertz CT molecular complexity index is 1150. The molecule has 1 amide bonds. The first-order chi connectivity index (χ1) is 15.1. The number of hydrogen-bond acceptors (Lipinski definition) is 6. The van der Waals surface area contributed by atoms with Gasteiger partial charge in [0.2, 0.25) is 5.91 Å². The zero-order valence-corrected chi connectivity index (χ0v) is 17.3. The third-order valence-electron chi connectivity index (χ3n) is 6.78. The minimum absolute atomic E-state index is 0.0208. The van der Waals surface area contributed by atoms with Gasteiger partial charge in [-0.3, -0.25) is 9.78 Å². The average molecular weight is 421 g/mol. The van der Waals surface area contributed by atoms with Crippen molar-refractivity contribution in [2.75, 3.05) is 30.4 Å². The summed E-state index contributed by atoms with van der Waals surface area (Å²) in [5.41, 5.74) is 3.82. The monoisotopic (exact) mass is 421 g/mol. The lowest BCUT2D eigenvalue weighted by molar-refractivity contribution is -0.136. The summed E-state index contributed by atoms with van der Waals surface area (Å²) in [6.07, 6.45) is 8.63. The van der Waals surface area contributed by atoms with Crippen LogP contribution in [0.3, 0.4) is 0 Å². The van der Waals surface area contributed by atoms with Gasteiger partial charge < -0.3 is 15.1 Å². The number of nitrogens with one attached hydrogen (secondary N) is 1. The van der Waals surface area contributed by atoms with Crippen molar-refractivity contribution >= 4 is 22.9 Å². The Morgan fingerprint density at radius 2 is 2.00 bits per heavy atom. The van der Waals surface area contributed by atoms with Crippen molar-refractivity contribution in [3.05, 3.63) is 36.9 Å². The highest BCUT2D eigenvalue weighted by Gasteiger charge is 2.51. The molecule has 8 nitrogen and oxygen atoms in total. The number of aromatic nitrogens is 4. The maximum atomic E-state index is 13.5.